The first kappa shape index (κ1) is 11.8. The smallest absolute Gasteiger partial charge is 0.138 e. The van der Waals surface area contributed by atoms with Crippen molar-refractivity contribution in [2.45, 2.75) is 32.4 Å². The molecule has 3 nitrogen and oxygen atoms in total. The van der Waals surface area contributed by atoms with E-state index in [0.717, 1.165) is 30.9 Å². The van der Waals surface area contributed by atoms with Gasteiger partial charge in [0.25, 0.3) is 0 Å². The Morgan fingerprint density at radius 1 is 1.44 bits per heavy atom. The first-order valence-electron chi connectivity index (χ1n) is 6.61. The predicted octanol–water partition coefficient (Wildman–Crippen LogP) is 2.70. The van der Waals surface area contributed by atoms with Gasteiger partial charge in [0.15, 0.2) is 0 Å². The van der Waals surface area contributed by atoms with Gasteiger partial charge in [0, 0.05) is 23.5 Å². The average molecular weight is 245 g/mol. The van der Waals surface area contributed by atoms with Crippen LogP contribution in [0, 0.1) is 6.92 Å². The molecule has 96 valence electrons. The van der Waals surface area contributed by atoms with Gasteiger partial charge >= 0.3 is 0 Å². The first-order chi connectivity index (χ1) is 8.78. The molecule has 1 aliphatic rings. The average Bonchev–Trinajstić information content (AvgIpc) is 2.94. The van der Waals surface area contributed by atoms with Gasteiger partial charge < -0.3 is 9.52 Å². The molecule has 1 aliphatic heterocycles. The van der Waals surface area contributed by atoms with Gasteiger partial charge in [-0.3, -0.25) is 4.90 Å². The van der Waals surface area contributed by atoms with Crippen LogP contribution in [0.15, 0.2) is 28.7 Å². The van der Waals surface area contributed by atoms with Crippen LogP contribution < -0.4 is 0 Å². The van der Waals surface area contributed by atoms with Crippen LogP contribution in [0.5, 0.6) is 0 Å². The number of para-hydroxylation sites is 1. The van der Waals surface area contributed by atoms with E-state index in [1.54, 1.807) is 0 Å². The lowest BCUT2D eigenvalue weighted by atomic mass is 10.1. The number of aryl methyl sites for hydroxylation is 1. The SMILES string of the molecule is Cc1cc2cccc(CN3CCC[C@H]3CO)c2o1. The Morgan fingerprint density at radius 3 is 3.17 bits per heavy atom. The first-order valence-corrected chi connectivity index (χ1v) is 6.61. The van der Waals surface area contributed by atoms with Crippen molar-refractivity contribution in [3.63, 3.8) is 0 Å². The fourth-order valence-electron chi connectivity index (χ4n) is 2.91. The second-order valence-corrected chi connectivity index (χ2v) is 5.14. The zero-order valence-corrected chi connectivity index (χ0v) is 10.7. The minimum absolute atomic E-state index is 0.257. The number of rotatable bonds is 3. The highest BCUT2D eigenvalue weighted by Gasteiger charge is 2.24. The molecule has 3 rings (SSSR count). The number of hydrogen-bond acceptors (Lipinski definition) is 3. The van der Waals surface area contributed by atoms with Gasteiger partial charge in [-0.25, -0.2) is 0 Å². The van der Waals surface area contributed by atoms with Gasteiger partial charge in [0.2, 0.25) is 0 Å². The van der Waals surface area contributed by atoms with E-state index in [1.807, 2.05) is 6.92 Å². The Labute approximate surface area is 107 Å². The summed E-state index contributed by atoms with van der Waals surface area (Å²) < 4.78 is 5.79. The highest BCUT2D eigenvalue weighted by molar-refractivity contribution is 5.81. The number of hydrogen-bond donors (Lipinski definition) is 1. The molecule has 2 heterocycles. The van der Waals surface area contributed by atoms with E-state index in [9.17, 15) is 5.11 Å². The van der Waals surface area contributed by atoms with Crippen LogP contribution in [0.4, 0.5) is 0 Å². The molecular formula is C15H19NO2. The number of likely N-dealkylation sites (tertiary alicyclic amines) is 1. The van der Waals surface area contributed by atoms with Gasteiger partial charge in [0.05, 0.1) is 6.61 Å². The van der Waals surface area contributed by atoms with Crippen molar-refractivity contribution in [1.82, 2.24) is 4.90 Å². The summed E-state index contributed by atoms with van der Waals surface area (Å²) in [5, 5.41) is 10.5. The Kier molecular flexibility index (Phi) is 3.10. The summed E-state index contributed by atoms with van der Waals surface area (Å²) in [6.07, 6.45) is 2.28. The van der Waals surface area contributed by atoms with Crippen LogP contribution >= 0.6 is 0 Å². The second kappa shape index (κ2) is 4.75. The molecule has 0 spiro atoms. The van der Waals surface area contributed by atoms with Crippen LogP contribution in [-0.2, 0) is 6.54 Å². The van der Waals surface area contributed by atoms with Gasteiger partial charge in [-0.15, -0.1) is 0 Å². The molecule has 1 atom stereocenters. The van der Waals surface area contributed by atoms with Crippen molar-refractivity contribution >= 4 is 11.0 Å². The third kappa shape index (κ3) is 2.04. The quantitative estimate of drug-likeness (QED) is 0.903. The fraction of sp³-hybridized carbons (Fsp3) is 0.467. The van der Waals surface area contributed by atoms with E-state index in [4.69, 9.17) is 4.42 Å². The molecule has 1 saturated heterocycles. The van der Waals surface area contributed by atoms with Crippen molar-refractivity contribution in [3.8, 4) is 0 Å². The van der Waals surface area contributed by atoms with Gasteiger partial charge in [-0.2, -0.15) is 0 Å². The summed E-state index contributed by atoms with van der Waals surface area (Å²) in [6, 6.07) is 8.68. The Balaban J connectivity index is 1.90. The lowest BCUT2D eigenvalue weighted by Gasteiger charge is -2.22. The van der Waals surface area contributed by atoms with Crippen molar-refractivity contribution in [1.29, 1.82) is 0 Å². The largest absolute Gasteiger partial charge is 0.461 e. The van der Waals surface area contributed by atoms with Crippen molar-refractivity contribution in [3.05, 3.63) is 35.6 Å². The van der Waals surface area contributed by atoms with Crippen molar-refractivity contribution in [2.24, 2.45) is 0 Å². The number of benzene rings is 1. The van der Waals surface area contributed by atoms with E-state index in [0.29, 0.717) is 6.04 Å². The zero-order chi connectivity index (χ0) is 12.5. The minimum atomic E-state index is 0.257. The molecule has 0 unspecified atom stereocenters. The maximum absolute atomic E-state index is 9.37. The topological polar surface area (TPSA) is 36.6 Å². The lowest BCUT2D eigenvalue weighted by Crippen LogP contribution is -2.31. The minimum Gasteiger partial charge on any atom is -0.461 e. The molecule has 0 radical (unpaired) electrons. The number of nitrogens with zero attached hydrogens (tertiary/aromatic N) is 1. The Morgan fingerprint density at radius 2 is 2.33 bits per heavy atom. The fourth-order valence-corrected chi connectivity index (χ4v) is 2.91. The van der Waals surface area contributed by atoms with Gasteiger partial charge in [-0.05, 0) is 32.4 Å². The van der Waals surface area contributed by atoms with Crippen molar-refractivity contribution < 1.29 is 9.52 Å². The van der Waals surface area contributed by atoms with Crippen molar-refractivity contribution in [2.75, 3.05) is 13.2 Å². The summed E-state index contributed by atoms with van der Waals surface area (Å²) in [5.41, 5.74) is 2.22. The molecule has 1 fully saturated rings. The lowest BCUT2D eigenvalue weighted by molar-refractivity contribution is 0.153. The Bertz CT molecular complexity index is 546. The summed E-state index contributed by atoms with van der Waals surface area (Å²) in [4.78, 5) is 2.35. The molecule has 1 aromatic heterocycles. The van der Waals surface area contributed by atoms with Crippen LogP contribution in [0.2, 0.25) is 0 Å². The molecule has 0 saturated carbocycles. The normalized spacial score (nSPS) is 20.9. The third-order valence-electron chi connectivity index (χ3n) is 3.83. The third-order valence-corrected chi connectivity index (χ3v) is 3.83. The zero-order valence-electron chi connectivity index (χ0n) is 10.7. The molecule has 1 aromatic carbocycles. The maximum atomic E-state index is 9.37. The van der Waals surface area contributed by atoms with Gasteiger partial charge in [-0.1, -0.05) is 18.2 Å². The standard InChI is InChI=1S/C15H19NO2/c1-11-8-12-4-2-5-13(15(12)18-11)9-16-7-3-6-14(16)10-17/h2,4-5,8,14,17H,3,6-7,9-10H2,1H3/t14-/m0/s1. The molecule has 1 N–H and O–H groups in total. The number of furan rings is 1. The maximum Gasteiger partial charge on any atom is 0.138 e. The molecule has 0 bridgehead atoms. The monoisotopic (exact) mass is 245 g/mol. The number of aliphatic hydroxyl groups is 1. The summed E-state index contributed by atoms with van der Waals surface area (Å²) in [6.45, 7) is 4.18. The van der Waals surface area contributed by atoms with Crippen LogP contribution in [0.1, 0.15) is 24.2 Å². The molecular weight excluding hydrogens is 226 g/mol. The van der Waals surface area contributed by atoms with Crippen LogP contribution in [0.25, 0.3) is 11.0 Å². The van der Waals surface area contributed by atoms with Gasteiger partial charge in [0.1, 0.15) is 11.3 Å². The van der Waals surface area contributed by atoms with Crippen LogP contribution in [-0.4, -0.2) is 29.2 Å². The molecule has 0 aliphatic carbocycles. The molecule has 18 heavy (non-hydrogen) atoms. The second-order valence-electron chi connectivity index (χ2n) is 5.14. The van der Waals surface area contributed by atoms with E-state index in [1.165, 1.54) is 17.4 Å². The summed E-state index contributed by atoms with van der Waals surface area (Å²) in [7, 11) is 0. The molecule has 2 aromatic rings. The van der Waals surface area contributed by atoms with E-state index >= 15 is 0 Å². The van der Waals surface area contributed by atoms with E-state index in [-0.39, 0.29) is 6.61 Å². The highest BCUT2D eigenvalue weighted by Crippen LogP contribution is 2.26. The molecule has 0 amide bonds. The van der Waals surface area contributed by atoms with E-state index in [2.05, 4.69) is 29.2 Å². The van der Waals surface area contributed by atoms with Crippen LogP contribution in [0.3, 0.4) is 0 Å². The van der Waals surface area contributed by atoms with E-state index < -0.39 is 0 Å². The summed E-state index contributed by atoms with van der Waals surface area (Å²) in [5.74, 6) is 0.956. The Hall–Kier alpha value is -1.32. The summed E-state index contributed by atoms with van der Waals surface area (Å²) >= 11 is 0. The highest BCUT2D eigenvalue weighted by atomic mass is 16.3. The number of aliphatic hydroxyl groups excluding tert-OH is 1. The molecule has 3 heteroatoms. The predicted molar refractivity (Wildman–Crippen MR) is 71.5 cm³/mol. The number of fused-ring (bicyclic) bond motifs is 1.